The third kappa shape index (κ3) is 3.26. The summed E-state index contributed by atoms with van der Waals surface area (Å²) in [4.78, 5) is 9.95. The Kier molecular flexibility index (Phi) is 5.22. The minimum absolute atomic E-state index is 0.00896. The normalized spacial score (nSPS) is 13.7. The number of alkyl halides is 1. The highest BCUT2D eigenvalue weighted by molar-refractivity contribution is 9.09. The lowest BCUT2D eigenvalue weighted by Crippen LogP contribution is -2.19. The molecule has 1 rings (SSSR count). The lowest BCUT2D eigenvalue weighted by atomic mass is 9.97. The average Bonchev–Trinajstić information content (AvgIpc) is 2.37. The summed E-state index contributed by atoms with van der Waals surface area (Å²) in [5.41, 5.74) is -0.0423. The fraction of sp³-hybridized carbons (Fsp3) is 0.364. The van der Waals surface area contributed by atoms with Gasteiger partial charge in [-0.15, -0.1) is 0 Å². The van der Waals surface area contributed by atoms with E-state index in [4.69, 9.17) is 5.26 Å². The Morgan fingerprint density at radius 3 is 2.67 bits per heavy atom. The summed E-state index contributed by atoms with van der Waals surface area (Å²) in [7, 11) is 0. The van der Waals surface area contributed by atoms with E-state index in [-0.39, 0.29) is 16.8 Å². The summed E-state index contributed by atoms with van der Waals surface area (Å²) < 4.78 is 0. The van der Waals surface area contributed by atoms with Gasteiger partial charge in [-0.2, -0.15) is 5.26 Å². The molecule has 2 unspecified atom stereocenters. The SMILES string of the molecule is N#Cc1cc([N+](=O)[O-])ccc1C(O)C(O)CCBr. The van der Waals surface area contributed by atoms with Crippen LogP contribution in [0.15, 0.2) is 18.2 Å². The van der Waals surface area contributed by atoms with Crippen LogP contribution in [0.2, 0.25) is 0 Å². The Morgan fingerprint density at radius 1 is 1.50 bits per heavy atom. The van der Waals surface area contributed by atoms with E-state index in [0.29, 0.717) is 11.8 Å². The van der Waals surface area contributed by atoms with Crippen molar-refractivity contribution in [3.05, 3.63) is 39.4 Å². The van der Waals surface area contributed by atoms with E-state index in [0.717, 1.165) is 6.07 Å². The summed E-state index contributed by atoms with van der Waals surface area (Å²) in [5, 5.41) is 39.5. The number of aliphatic hydroxyl groups is 2. The molecule has 0 spiro atoms. The number of rotatable bonds is 5. The van der Waals surface area contributed by atoms with Gasteiger partial charge in [0.15, 0.2) is 0 Å². The Balaban J connectivity index is 3.10. The van der Waals surface area contributed by atoms with E-state index >= 15 is 0 Å². The van der Waals surface area contributed by atoms with Crippen LogP contribution >= 0.6 is 15.9 Å². The minimum Gasteiger partial charge on any atom is -0.390 e. The van der Waals surface area contributed by atoms with Crippen LogP contribution in [0, 0.1) is 21.4 Å². The van der Waals surface area contributed by atoms with Crippen molar-refractivity contribution in [3.63, 3.8) is 0 Å². The van der Waals surface area contributed by atoms with Crippen LogP contribution in [-0.4, -0.2) is 26.6 Å². The van der Waals surface area contributed by atoms with Gasteiger partial charge in [0, 0.05) is 23.0 Å². The number of hydrogen-bond acceptors (Lipinski definition) is 5. The van der Waals surface area contributed by atoms with E-state index in [1.165, 1.54) is 12.1 Å². The molecule has 2 N–H and O–H groups in total. The molecule has 6 nitrogen and oxygen atoms in total. The molecule has 1 aromatic carbocycles. The molecule has 7 heteroatoms. The van der Waals surface area contributed by atoms with Gasteiger partial charge in [0.1, 0.15) is 6.10 Å². The van der Waals surface area contributed by atoms with E-state index in [1.54, 1.807) is 6.07 Å². The number of benzene rings is 1. The van der Waals surface area contributed by atoms with Gasteiger partial charge >= 0.3 is 0 Å². The van der Waals surface area contributed by atoms with Crippen molar-refractivity contribution in [1.29, 1.82) is 5.26 Å². The summed E-state index contributed by atoms with van der Waals surface area (Å²) in [5.74, 6) is 0. The van der Waals surface area contributed by atoms with Gasteiger partial charge in [0.05, 0.1) is 22.7 Å². The van der Waals surface area contributed by atoms with Crippen LogP contribution in [0.5, 0.6) is 0 Å². The number of nitrogens with zero attached hydrogens (tertiary/aromatic N) is 2. The number of nitro groups is 1. The first-order chi connectivity index (χ1) is 8.51. The van der Waals surface area contributed by atoms with E-state index in [1.807, 2.05) is 0 Å². The number of nitro benzene ring substituents is 1. The largest absolute Gasteiger partial charge is 0.390 e. The Bertz CT molecular complexity index is 486. The van der Waals surface area contributed by atoms with Crippen molar-refractivity contribution in [1.82, 2.24) is 0 Å². The zero-order valence-electron chi connectivity index (χ0n) is 9.28. The minimum atomic E-state index is -1.24. The molecule has 0 aromatic heterocycles. The topological polar surface area (TPSA) is 107 Å². The van der Waals surface area contributed by atoms with Gasteiger partial charge < -0.3 is 10.2 Å². The predicted octanol–water partition coefficient (Wildman–Crippen LogP) is 1.65. The van der Waals surface area contributed by atoms with Crippen LogP contribution in [0.1, 0.15) is 23.7 Å². The summed E-state index contributed by atoms with van der Waals surface area (Å²) >= 11 is 3.13. The first-order valence-electron chi connectivity index (χ1n) is 5.11. The molecular weight excluding hydrogens is 304 g/mol. The molecule has 0 aliphatic heterocycles. The fourth-order valence-electron chi connectivity index (χ4n) is 1.49. The smallest absolute Gasteiger partial charge is 0.270 e. The van der Waals surface area contributed by atoms with Crippen LogP contribution in [0.4, 0.5) is 5.69 Å². The summed E-state index contributed by atoms with van der Waals surface area (Å²) in [6.07, 6.45) is -1.96. The highest BCUT2D eigenvalue weighted by Gasteiger charge is 2.22. The Hall–Kier alpha value is -1.49. The van der Waals surface area contributed by atoms with Crippen LogP contribution < -0.4 is 0 Å². The van der Waals surface area contributed by atoms with Crippen LogP contribution in [0.25, 0.3) is 0 Å². The fourth-order valence-corrected chi connectivity index (χ4v) is 1.96. The number of aliphatic hydroxyl groups excluding tert-OH is 2. The molecule has 0 saturated heterocycles. The number of halogens is 1. The molecule has 0 aliphatic rings. The maximum Gasteiger partial charge on any atom is 0.270 e. The van der Waals surface area contributed by atoms with Crippen molar-refractivity contribution in [3.8, 4) is 6.07 Å². The van der Waals surface area contributed by atoms with Gasteiger partial charge in [0.25, 0.3) is 5.69 Å². The monoisotopic (exact) mass is 314 g/mol. The third-order valence-electron chi connectivity index (χ3n) is 2.46. The standard InChI is InChI=1S/C11H11BrN2O4/c12-4-3-10(15)11(16)9-2-1-8(14(17)18)5-7(9)6-13/h1-2,5,10-11,15-16H,3-4H2. The molecule has 96 valence electrons. The molecule has 0 bridgehead atoms. The van der Waals surface area contributed by atoms with Crippen molar-refractivity contribution in [2.24, 2.45) is 0 Å². The maximum absolute atomic E-state index is 10.6. The van der Waals surface area contributed by atoms with Gasteiger partial charge in [-0.1, -0.05) is 15.9 Å². The second-order valence-corrected chi connectivity index (χ2v) is 4.42. The highest BCUT2D eigenvalue weighted by atomic mass is 79.9. The molecule has 0 saturated carbocycles. The molecule has 2 atom stereocenters. The van der Waals surface area contributed by atoms with E-state index in [9.17, 15) is 20.3 Å². The van der Waals surface area contributed by atoms with Crippen LogP contribution in [0.3, 0.4) is 0 Å². The second kappa shape index (κ2) is 6.44. The first kappa shape index (κ1) is 14.6. The first-order valence-corrected chi connectivity index (χ1v) is 6.24. The molecule has 18 heavy (non-hydrogen) atoms. The van der Waals surface area contributed by atoms with E-state index in [2.05, 4.69) is 15.9 Å². The molecule has 0 heterocycles. The Labute approximate surface area is 112 Å². The molecule has 0 radical (unpaired) electrons. The van der Waals surface area contributed by atoms with Gasteiger partial charge in [-0.05, 0) is 12.5 Å². The van der Waals surface area contributed by atoms with Gasteiger partial charge in [0.2, 0.25) is 0 Å². The molecular formula is C11H11BrN2O4. The Morgan fingerprint density at radius 2 is 2.17 bits per heavy atom. The second-order valence-electron chi connectivity index (χ2n) is 3.63. The third-order valence-corrected chi connectivity index (χ3v) is 2.91. The van der Waals surface area contributed by atoms with Crippen molar-refractivity contribution >= 4 is 21.6 Å². The summed E-state index contributed by atoms with van der Waals surface area (Å²) in [6.45, 7) is 0. The number of hydrogen-bond donors (Lipinski definition) is 2. The van der Waals surface area contributed by atoms with Crippen molar-refractivity contribution < 1.29 is 15.1 Å². The lowest BCUT2D eigenvalue weighted by molar-refractivity contribution is -0.384. The molecule has 1 aromatic rings. The molecule has 0 amide bonds. The summed E-state index contributed by atoms with van der Waals surface area (Å²) in [6, 6.07) is 5.35. The van der Waals surface area contributed by atoms with Gasteiger partial charge in [-0.25, -0.2) is 0 Å². The molecule has 0 fully saturated rings. The van der Waals surface area contributed by atoms with Gasteiger partial charge in [-0.3, -0.25) is 10.1 Å². The average molecular weight is 315 g/mol. The highest BCUT2D eigenvalue weighted by Crippen LogP contribution is 2.26. The predicted molar refractivity (Wildman–Crippen MR) is 67.2 cm³/mol. The number of non-ortho nitro benzene ring substituents is 1. The quantitative estimate of drug-likeness (QED) is 0.488. The zero-order valence-corrected chi connectivity index (χ0v) is 10.9. The van der Waals surface area contributed by atoms with E-state index < -0.39 is 17.1 Å². The molecule has 0 aliphatic carbocycles. The maximum atomic E-state index is 10.6. The number of nitriles is 1. The lowest BCUT2D eigenvalue weighted by Gasteiger charge is -2.18. The zero-order chi connectivity index (χ0) is 13.7. The van der Waals surface area contributed by atoms with Crippen LogP contribution in [-0.2, 0) is 0 Å². The van der Waals surface area contributed by atoms with Crippen molar-refractivity contribution in [2.75, 3.05) is 5.33 Å². The van der Waals surface area contributed by atoms with Crippen molar-refractivity contribution in [2.45, 2.75) is 18.6 Å².